The van der Waals surface area contributed by atoms with Crippen molar-refractivity contribution < 1.29 is 28.1 Å². The van der Waals surface area contributed by atoms with Crippen LogP contribution in [0, 0.1) is 17.7 Å². The molecule has 196 valence electrons. The van der Waals surface area contributed by atoms with Crippen LogP contribution in [0.2, 0.25) is 0 Å². The van der Waals surface area contributed by atoms with E-state index in [4.69, 9.17) is 18.9 Å². The molecule has 7 heteroatoms. The van der Waals surface area contributed by atoms with Crippen LogP contribution in [0.25, 0.3) is 11.1 Å². The Bertz CT molecular complexity index is 1340. The number of nitrogens with zero attached hydrogens (tertiary/aromatic N) is 1. The van der Waals surface area contributed by atoms with E-state index in [9.17, 15) is 4.79 Å². The molecule has 3 aromatic rings. The Labute approximate surface area is 222 Å². The van der Waals surface area contributed by atoms with Gasteiger partial charge < -0.3 is 18.9 Å². The lowest BCUT2D eigenvalue weighted by atomic mass is 9.96. The topological polar surface area (TPSA) is 66.9 Å². The molecule has 38 heavy (non-hydrogen) atoms. The number of esters is 1. The first-order chi connectivity index (χ1) is 18.6. The molecule has 1 saturated heterocycles. The van der Waals surface area contributed by atoms with Crippen LogP contribution in [0.3, 0.4) is 0 Å². The zero-order chi connectivity index (χ0) is 26.5. The van der Waals surface area contributed by atoms with E-state index in [1.54, 1.807) is 19.2 Å². The van der Waals surface area contributed by atoms with Crippen LogP contribution in [0.1, 0.15) is 54.9 Å². The Morgan fingerprint density at radius 1 is 1.13 bits per heavy atom. The van der Waals surface area contributed by atoms with E-state index in [1.807, 2.05) is 36.4 Å². The number of carbonyl (C=O) groups excluding carboxylic acids is 1. The van der Waals surface area contributed by atoms with Gasteiger partial charge in [-0.25, -0.2) is 9.37 Å². The number of hydrogen-bond donors (Lipinski definition) is 0. The van der Waals surface area contributed by atoms with Crippen molar-refractivity contribution in [3.63, 3.8) is 0 Å². The largest absolute Gasteiger partial charge is 0.486 e. The minimum atomic E-state index is -0.301. The van der Waals surface area contributed by atoms with Crippen LogP contribution in [0.4, 0.5) is 4.39 Å². The van der Waals surface area contributed by atoms with Gasteiger partial charge in [0.15, 0.2) is 0 Å². The Morgan fingerprint density at radius 3 is 2.66 bits per heavy atom. The summed E-state index contributed by atoms with van der Waals surface area (Å²) in [4.78, 5) is 16.2. The molecular formula is C31H30FNO5. The van der Waals surface area contributed by atoms with E-state index in [1.165, 1.54) is 13.2 Å². The minimum absolute atomic E-state index is 0.0105. The SMILES string of the molecule is CC#CC(CC(=O)OC)c1ccc(O[C@@H]2CCc3c2ccc(F)c3-c2ccc(O[C@@H]3CCOC3)nc2)cc1. The molecule has 0 spiro atoms. The Morgan fingerprint density at radius 2 is 1.97 bits per heavy atom. The molecule has 1 unspecified atom stereocenters. The van der Waals surface area contributed by atoms with Crippen molar-refractivity contribution in [1.82, 2.24) is 4.98 Å². The van der Waals surface area contributed by atoms with E-state index in [-0.39, 0.29) is 36.3 Å². The predicted octanol–water partition coefficient (Wildman–Crippen LogP) is 5.79. The highest BCUT2D eigenvalue weighted by Crippen LogP contribution is 2.41. The molecule has 0 bridgehead atoms. The number of carbonyl (C=O) groups is 1. The van der Waals surface area contributed by atoms with E-state index in [0.29, 0.717) is 42.4 Å². The fraction of sp³-hybridized carbons (Fsp3) is 0.355. The van der Waals surface area contributed by atoms with Gasteiger partial charge in [0.2, 0.25) is 5.88 Å². The number of aromatic nitrogens is 1. The smallest absolute Gasteiger partial charge is 0.307 e. The molecule has 3 atom stereocenters. The summed E-state index contributed by atoms with van der Waals surface area (Å²) < 4.78 is 37.4. The number of hydrogen-bond acceptors (Lipinski definition) is 6. The van der Waals surface area contributed by atoms with Gasteiger partial charge >= 0.3 is 5.97 Å². The summed E-state index contributed by atoms with van der Waals surface area (Å²) in [5.41, 5.74) is 4.13. The lowest BCUT2D eigenvalue weighted by molar-refractivity contribution is -0.140. The zero-order valence-corrected chi connectivity index (χ0v) is 21.5. The summed E-state index contributed by atoms with van der Waals surface area (Å²) >= 11 is 0. The van der Waals surface area contributed by atoms with Gasteiger partial charge in [-0.15, -0.1) is 5.92 Å². The maximum absolute atomic E-state index is 15.1. The average Bonchev–Trinajstić information content (AvgIpc) is 3.59. The average molecular weight is 516 g/mol. The zero-order valence-electron chi connectivity index (χ0n) is 21.5. The third kappa shape index (κ3) is 5.66. The van der Waals surface area contributed by atoms with Crippen LogP contribution in [-0.2, 0) is 20.7 Å². The fourth-order valence-electron chi connectivity index (χ4n) is 5.07. The number of benzene rings is 2. The number of ether oxygens (including phenoxy) is 4. The van der Waals surface area contributed by atoms with Crippen LogP contribution in [-0.4, -0.2) is 37.4 Å². The first kappa shape index (κ1) is 25.7. The highest BCUT2D eigenvalue weighted by molar-refractivity contribution is 5.71. The number of pyridine rings is 1. The van der Waals surface area contributed by atoms with Gasteiger partial charge in [0, 0.05) is 29.8 Å². The monoisotopic (exact) mass is 515 g/mol. The second kappa shape index (κ2) is 11.7. The molecule has 0 radical (unpaired) electrons. The molecule has 0 amide bonds. The van der Waals surface area contributed by atoms with E-state index in [2.05, 4.69) is 16.8 Å². The van der Waals surface area contributed by atoms with Crippen molar-refractivity contribution in [2.75, 3.05) is 20.3 Å². The van der Waals surface area contributed by atoms with Crippen LogP contribution in [0.15, 0.2) is 54.7 Å². The predicted molar refractivity (Wildman–Crippen MR) is 140 cm³/mol. The summed E-state index contributed by atoms with van der Waals surface area (Å²) in [6.45, 7) is 3.01. The Hall–Kier alpha value is -3.89. The third-order valence-electron chi connectivity index (χ3n) is 6.98. The van der Waals surface area contributed by atoms with Gasteiger partial charge in [0.1, 0.15) is 23.8 Å². The fourth-order valence-corrected chi connectivity index (χ4v) is 5.07. The first-order valence-electron chi connectivity index (χ1n) is 12.8. The molecule has 2 aliphatic rings. The second-order valence-corrected chi connectivity index (χ2v) is 9.42. The second-order valence-electron chi connectivity index (χ2n) is 9.42. The van der Waals surface area contributed by atoms with Crippen molar-refractivity contribution in [1.29, 1.82) is 0 Å². The Balaban J connectivity index is 1.31. The van der Waals surface area contributed by atoms with Gasteiger partial charge in [-0.2, -0.15) is 0 Å². The van der Waals surface area contributed by atoms with Crippen molar-refractivity contribution in [3.05, 3.63) is 77.2 Å². The Kier molecular flexibility index (Phi) is 7.90. The highest BCUT2D eigenvalue weighted by Gasteiger charge is 2.29. The number of fused-ring (bicyclic) bond motifs is 1. The standard InChI is InChI=1S/C31H30FNO5/c1-3-4-21(17-30(34)35-2)20-5-8-23(9-6-20)37-28-13-11-26-25(28)10-12-27(32)31(26)22-7-14-29(33-18-22)38-24-15-16-36-19-24/h5-10,12,14,18,21,24,28H,11,13,15-17,19H2,1-2H3/t21?,24-,28-/m1/s1. The summed E-state index contributed by atoms with van der Waals surface area (Å²) in [5, 5.41) is 0. The summed E-state index contributed by atoms with van der Waals surface area (Å²) in [5.74, 6) is 6.36. The molecule has 1 aliphatic carbocycles. The molecule has 1 aliphatic heterocycles. The third-order valence-corrected chi connectivity index (χ3v) is 6.98. The molecule has 2 heterocycles. The quantitative estimate of drug-likeness (QED) is 0.279. The van der Waals surface area contributed by atoms with Gasteiger partial charge in [0.05, 0.1) is 32.7 Å². The normalized spacial score (nSPS) is 18.7. The molecule has 6 nitrogen and oxygen atoms in total. The maximum Gasteiger partial charge on any atom is 0.307 e. The molecule has 1 fully saturated rings. The van der Waals surface area contributed by atoms with E-state index < -0.39 is 0 Å². The van der Waals surface area contributed by atoms with Crippen molar-refractivity contribution in [2.24, 2.45) is 0 Å². The minimum Gasteiger partial charge on any atom is -0.486 e. The molecule has 5 rings (SSSR count). The number of rotatable bonds is 8. The first-order valence-corrected chi connectivity index (χ1v) is 12.8. The van der Waals surface area contributed by atoms with Crippen molar-refractivity contribution in [3.8, 4) is 34.6 Å². The maximum atomic E-state index is 15.1. The summed E-state index contributed by atoms with van der Waals surface area (Å²) in [6, 6.07) is 14.6. The van der Waals surface area contributed by atoms with Crippen molar-refractivity contribution >= 4 is 5.97 Å². The lowest BCUT2D eigenvalue weighted by Crippen LogP contribution is -2.16. The van der Waals surface area contributed by atoms with E-state index >= 15 is 4.39 Å². The van der Waals surface area contributed by atoms with Crippen LogP contribution >= 0.6 is 0 Å². The van der Waals surface area contributed by atoms with Gasteiger partial charge in [0.25, 0.3) is 0 Å². The number of halogens is 1. The molecule has 2 aromatic carbocycles. The number of methoxy groups -OCH3 is 1. The summed E-state index contributed by atoms with van der Waals surface area (Å²) in [6.07, 6.45) is 3.98. The molecule has 0 saturated carbocycles. The van der Waals surface area contributed by atoms with E-state index in [0.717, 1.165) is 29.5 Å². The van der Waals surface area contributed by atoms with Gasteiger partial charge in [-0.05, 0) is 60.7 Å². The van der Waals surface area contributed by atoms with Crippen molar-refractivity contribution in [2.45, 2.75) is 50.7 Å². The van der Waals surface area contributed by atoms with Crippen LogP contribution < -0.4 is 9.47 Å². The molecule has 1 aromatic heterocycles. The summed E-state index contributed by atoms with van der Waals surface area (Å²) in [7, 11) is 1.37. The lowest BCUT2D eigenvalue weighted by Gasteiger charge is -2.17. The van der Waals surface area contributed by atoms with Gasteiger partial charge in [-0.1, -0.05) is 24.1 Å². The molecule has 0 N–H and O–H groups in total. The molecular weight excluding hydrogens is 485 g/mol. The highest BCUT2D eigenvalue weighted by atomic mass is 19.1. The van der Waals surface area contributed by atoms with Crippen LogP contribution in [0.5, 0.6) is 11.6 Å². The van der Waals surface area contributed by atoms with Gasteiger partial charge in [-0.3, -0.25) is 4.79 Å².